The van der Waals surface area contributed by atoms with E-state index >= 15 is 0 Å². The molecule has 0 saturated heterocycles. The molecule has 6 heteroatoms. The summed E-state index contributed by atoms with van der Waals surface area (Å²) in [5.41, 5.74) is 6.42. The Morgan fingerprint density at radius 2 is 1.95 bits per heavy atom. The van der Waals surface area contributed by atoms with Gasteiger partial charge in [-0.2, -0.15) is 0 Å². The van der Waals surface area contributed by atoms with Crippen LogP contribution in [0.15, 0.2) is 28.7 Å². The predicted octanol–water partition coefficient (Wildman–Crippen LogP) is 1.94. The summed E-state index contributed by atoms with van der Waals surface area (Å²) in [4.78, 5) is 0. The van der Waals surface area contributed by atoms with Crippen LogP contribution in [0.3, 0.4) is 0 Å². The quantitative estimate of drug-likeness (QED) is 0.840. The summed E-state index contributed by atoms with van der Waals surface area (Å²) >= 11 is 3.39. The molecule has 4 nitrogen and oxygen atoms in total. The molecule has 0 amide bonds. The van der Waals surface area contributed by atoms with Crippen LogP contribution in [0, 0.1) is 5.41 Å². The van der Waals surface area contributed by atoms with E-state index in [2.05, 4.69) is 15.9 Å². The molecule has 1 aliphatic rings. The average molecular weight is 362 g/mol. The Hall–Kier alpha value is -0.430. The van der Waals surface area contributed by atoms with Gasteiger partial charge in [0.15, 0.2) is 9.84 Å². The van der Waals surface area contributed by atoms with E-state index in [0.717, 1.165) is 10.0 Å². The van der Waals surface area contributed by atoms with Crippen LogP contribution in [0.5, 0.6) is 0 Å². The van der Waals surface area contributed by atoms with Crippen molar-refractivity contribution in [2.24, 2.45) is 11.1 Å². The summed E-state index contributed by atoms with van der Waals surface area (Å²) in [5, 5.41) is -0.439. The van der Waals surface area contributed by atoms with Gasteiger partial charge in [0, 0.05) is 35.2 Å². The molecular weight excluding hydrogens is 342 g/mol. The highest BCUT2D eigenvalue weighted by Crippen LogP contribution is 2.62. The fourth-order valence-electron chi connectivity index (χ4n) is 3.12. The number of benzene rings is 1. The van der Waals surface area contributed by atoms with Crippen LogP contribution in [0.2, 0.25) is 0 Å². The number of hydrogen-bond donors (Lipinski definition) is 1. The summed E-state index contributed by atoms with van der Waals surface area (Å²) in [7, 11) is -1.56. The van der Waals surface area contributed by atoms with E-state index in [1.807, 2.05) is 24.3 Å². The second-order valence-electron chi connectivity index (χ2n) is 5.27. The Balaban J connectivity index is 2.42. The smallest absolute Gasteiger partial charge is 0.154 e. The Labute approximate surface area is 128 Å². The first-order valence-corrected chi connectivity index (χ1v) is 9.10. The zero-order valence-corrected chi connectivity index (χ0v) is 14.1. The summed E-state index contributed by atoms with van der Waals surface area (Å²) < 4.78 is 30.9. The van der Waals surface area contributed by atoms with Crippen LogP contribution >= 0.6 is 15.9 Å². The molecule has 0 spiro atoms. The van der Waals surface area contributed by atoms with Crippen molar-refractivity contribution in [1.82, 2.24) is 0 Å². The van der Waals surface area contributed by atoms with E-state index < -0.39 is 20.5 Å². The first kappa shape index (κ1) is 15.9. The van der Waals surface area contributed by atoms with Gasteiger partial charge in [0.25, 0.3) is 0 Å². The zero-order valence-electron chi connectivity index (χ0n) is 11.7. The second kappa shape index (κ2) is 5.75. The zero-order chi connectivity index (χ0) is 15.0. The molecule has 1 aromatic rings. The molecular formula is C14H20BrNO3S. The van der Waals surface area contributed by atoms with Gasteiger partial charge in [0.05, 0.1) is 11.9 Å². The van der Waals surface area contributed by atoms with Gasteiger partial charge < -0.3 is 10.5 Å². The van der Waals surface area contributed by atoms with Gasteiger partial charge in [0.1, 0.15) is 0 Å². The number of hydrogen-bond acceptors (Lipinski definition) is 4. The number of methoxy groups -OCH3 is 1. The van der Waals surface area contributed by atoms with Crippen molar-refractivity contribution in [3.8, 4) is 0 Å². The maximum atomic E-state index is 12.3. The molecule has 1 saturated carbocycles. The monoisotopic (exact) mass is 361 g/mol. The van der Waals surface area contributed by atoms with Crippen LogP contribution in [0.1, 0.15) is 18.4 Å². The lowest BCUT2D eigenvalue weighted by atomic mass is 10.0. The molecule has 20 heavy (non-hydrogen) atoms. The minimum atomic E-state index is -3.15. The molecule has 2 rings (SSSR count). The van der Waals surface area contributed by atoms with E-state index in [-0.39, 0.29) is 11.7 Å². The average Bonchev–Trinajstić information content (AvgIpc) is 3.10. The first-order valence-electron chi connectivity index (χ1n) is 6.59. The normalized spacial score (nSPS) is 29.4. The van der Waals surface area contributed by atoms with Crippen molar-refractivity contribution in [3.63, 3.8) is 0 Å². The van der Waals surface area contributed by atoms with Gasteiger partial charge >= 0.3 is 0 Å². The molecule has 0 radical (unpaired) electrons. The van der Waals surface area contributed by atoms with E-state index in [1.165, 1.54) is 0 Å². The topological polar surface area (TPSA) is 69.4 Å². The molecule has 0 aliphatic heterocycles. The Morgan fingerprint density at radius 1 is 1.35 bits per heavy atom. The van der Waals surface area contributed by atoms with Crippen molar-refractivity contribution in [3.05, 3.63) is 34.3 Å². The summed E-state index contributed by atoms with van der Waals surface area (Å²) in [6.45, 7) is 2.36. The highest BCUT2D eigenvalue weighted by molar-refractivity contribution is 9.10. The van der Waals surface area contributed by atoms with Crippen molar-refractivity contribution in [2.45, 2.75) is 18.1 Å². The van der Waals surface area contributed by atoms with Gasteiger partial charge in [-0.25, -0.2) is 8.42 Å². The number of sulfone groups is 1. The highest BCUT2D eigenvalue weighted by Gasteiger charge is 2.69. The van der Waals surface area contributed by atoms with Gasteiger partial charge in [-0.05, 0) is 17.7 Å². The fourth-order valence-corrected chi connectivity index (χ4v) is 5.53. The lowest BCUT2D eigenvalue weighted by Crippen LogP contribution is -2.28. The number of halogens is 1. The molecule has 112 valence electrons. The molecule has 1 aromatic carbocycles. The Bertz CT molecular complexity index is 573. The fraction of sp³-hybridized carbons (Fsp3) is 0.571. The first-order chi connectivity index (χ1) is 9.43. The molecule has 0 heterocycles. The molecule has 3 atom stereocenters. The molecule has 0 bridgehead atoms. The van der Waals surface area contributed by atoms with Crippen LogP contribution < -0.4 is 5.73 Å². The van der Waals surface area contributed by atoms with Gasteiger partial charge in [0.2, 0.25) is 0 Å². The molecule has 3 unspecified atom stereocenters. The van der Waals surface area contributed by atoms with Gasteiger partial charge in [-0.15, -0.1) is 0 Å². The SMILES string of the molecule is CCS(=O)(=O)C1C(c2ccc(Br)cc2)C1(CN)COC. The summed E-state index contributed by atoms with van der Waals surface area (Å²) in [5.74, 6) is 0.0568. The third-order valence-electron chi connectivity index (χ3n) is 4.19. The van der Waals surface area contributed by atoms with E-state index in [1.54, 1.807) is 14.0 Å². The van der Waals surface area contributed by atoms with E-state index in [9.17, 15) is 8.42 Å². The minimum absolute atomic E-state index is 0.0782. The number of ether oxygens (including phenoxy) is 1. The highest BCUT2D eigenvalue weighted by atomic mass is 79.9. The van der Waals surface area contributed by atoms with Gasteiger partial charge in [-0.3, -0.25) is 0 Å². The van der Waals surface area contributed by atoms with Crippen LogP contribution in [-0.4, -0.2) is 39.7 Å². The minimum Gasteiger partial charge on any atom is -0.384 e. The van der Waals surface area contributed by atoms with Crippen molar-refractivity contribution < 1.29 is 13.2 Å². The Kier molecular flexibility index (Phi) is 4.59. The Morgan fingerprint density at radius 3 is 2.40 bits per heavy atom. The lowest BCUT2D eigenvalue weighted by Gasteiger charge is -2.14. The van der Waals surface area contributed by atoms with E-state index in [0.29, 0.717) is 13.2 Å². The van der Waals surface area contributed by atoms with Crippen LogP contribution in [-0.2, 0) is 14.6 Å². The lowest BCUT2D eigenvalue weighted by molar-refractivity contribution is 0.142. The van der Waals surface area contributed by atoms with Crippen molar-refractivity contribution in [1.29, 1.82) is 0 Å². The summed E-state index contributed by atoms with van der Waals surface area (Å²) in [6.07, 6.45) is 0. The maximum absolute atomic E-state index is 12.3. The summed E-state index contributed by atoms with van der Waals surface area (Å²) in [6, 6.07) is 7.77. The third kappa shape index (κ3) is 2.54. The van der Waals surface area contributed by atoms with Crippen molar-refractivity contribution >= 4 is 25.8 Å². The van der Waals surface area contributed by atoms with Crippen LogP contribution in [0.4, 0.5) is 0 Å². The predicted molar refractivity (Wildman–Crippen MR) is 83.5 cm³/mol. The largest absolute Gasteiger partial charge is 0.384 e. The third-order valence-corrected chi connectivity index (χ3v) is 7.04. The number of nitrogens with two attached hydrogens (primary N) is 1. The van der Waals surface area contributed by atoms with Crippen LogP contribution in [0.25, 0.3) is 0 Å². The van der Waals surface area contributed by atoms with Gasteiger partial charge in [-0.1, -0.05) is 35.0 Å². The standard InChI is InChI=1S/C14H20BrNO3S/c1-3-20(17,18)13-12(14(13,8-16)9-19-2)10-4-6-11(15)7-5-10/h4-7,12-13H,3,8-9,16H2,1-2H3. The van der Waals surface area contributed by atoms with E-state index in [4.69, 9.17) is 10.5 Å². The molecule has 0 aromatic heterocycles. The number of rotatable bonds is 6. The second-order valence-corrected chi connectivity index (χ2v) is 8.60. The molecule has 1 aliphatic carbocycles. The molecule has 1 fully saturated rings. The maximum Gasteiger partial charge on any atom is 0.154 e. The van der Waals surface area contributed by atoms with Crippen molar-refractivity contribution in [2.75, 3.05) is 26.0 Å². The molecule has 2 N–H and O–H groups in total.